The zero-order chi connectivity index (χ0) is 12.4. The molecule has 1 fully saturated rings. The summed E-state index contributed by atoms with van der Waals surface area (Å²) in [7, 11) is 0. The molecule has 0 unspecified atom stereocenters. The van der Waals surface area contributed by atoms with Gasteiger partial charge in [0, 0.05) is 12.2 Å². The quantitative estimate of drug-likeness (QED) is 0.826. The normalized spacial score (nSPS) is 22.6. The molecule has 90 valence electrons. The molecule has 0 bridgehead atoms. The van der Waals surface area contributed by atoms with E-state index in [1.54, 1.807) is 0 Å². The molecular weight excluding hydrogens is 220 g/mol. The van der Waals surface area contributed by atoms with E-state index in [0.717, 1.165) is 12.8 Å². The zero-order valence-electron chi connectivity index (χ0n) is 9.51. The second-order valence-electron chi connectivity index (χ2n) is 4.48. The van der Waals surface area contributed by atoms with Gasteiger partial charge in [0.25, 0.3) is 5.91 Å². The van der Waals surface area contributed by atoms with Crippen LogP contribution in [0.1, 0.15) is 40.6 Å². The molecule has 2 rings (SSSR count). The highest BCUT2D eigenvalue weighted by molar-refractivity contribution is 5.95. The summed E-state index contributed by atoms with van der Waals surface area (Å²) in [5.74, 6) is -0.706. The topological polar surface area (TPSA) is 79.3 Å². The number of pyridine rings is 1. The van der Waals surface area contributed by atoms with E-state index < -0.39 is 5.97 Å². The van der Waals surface area contributed by atoms with Crippen LogP contribution in [0, 0.1) is 5.92 Å². The molecule has 1 aliphatic carbocycles. The van der Waals surface area contributed by atoms with Crippen molar-refractivity contribution in [1.82, 2.24) is 10.3 Å². The molecule has 0 aromatic carbocycles. The van der Waals surface area contributed by atoms with Gasteiger partial charge in [-0.3, -0.25) is 9.78 Å². The highest BCUT2D eigenvalue weighted by atomic mass is 16.4. The van der Waals surface area contributed by atoms with Gasteiger partial charge in [0.2, 0.25) is 0 Å². The first-order valence-corrected chi connectivity index (χ1v) is 5.56. The fourth-order valence-corrected chi connectivity index (χ4v) is 1.97. The van der Waals surface area contributed by atoms with E-state index in [2.05, 4.69) is 17.2 Å². The molecule has 0 aliphatic heterocycles. The molecule has 0 saturated heterocycles. The van der Waals surface area contributed by atoms with E-state index >= 15 is 0 Å². The number of hydrogen-bond donors (Lipinski definition) is 2. The Morgan fingerprint density at radius 1 is 1.47 bits per heavy atom. The maximum Gasteiger partial charge on any atom is 0.335 e. The lowest BCUT2D eigenvalue weighted by Crippen LogP contribution is -2.43. The molecule has 1 aromatic rings. The minimum atomic E-state index is -1.06. The number of amides is 1. The fraction of sp³-hybridized carbons (Fsp3) is 0.417. The number of carboxylic acids is 1. The molecule has 2 N–H and O–H groups in total. The summed E-state index contributed by atoms with van der Waals surface area (Å²) in [6, 6.07) is 2.86. The summed E-state index contributed by atoms with van der Waals surface area (Å²) in [6.07, 6.45) is 3.29. The number of nitrogens with one attached hydrogen (secondary N) is 1. The van der Waals surface area contributed by atoms with Crippen LogP contribution in [0.3, 0.4) is 0 Å². The van der Waals surface area contributed by atoms with E-state index in [4.69, 9.17) is 5.11 Å². The fourth-order valence-electron chi connectivity index (χ4n) is 1.97. The number of rotatable bonds is 3. The number of aromatic nitrogens is 1. The maximum atomic E-state index is 11.8. The Kier molecular flexibility index (Phi) is 3.08. The molecular formula is C12H14N2O3. The number of carbonyl (C=O) groups is 2. The van der Waals surface area contributed by atoms with Gasteiger partial charge < -0.3 is 10.4 Å². The lowest BCUT2D eigenvalue weighted by Gasteiger charge is -2.33. The first kappa shape index (κ1) is 11.6. The van der Waals surface area contributed by atoms with Crippen molar-refractivity contribution in [3.05, 3.63) is 29.6 Å². The van der Waals surface area contributed by atoms with Gasteiger partial charge >= 0.3 is 5.97 Å². The smallest absolute Gasteiger partial charge is 0.335 e. The van der Waals surface area contributed by atoms with Gasteiger partial charge in [-0.15, -0.1) is 0 Å². The van der Waals surface area contributed by atoms with Crippen molar-refractivity contribution < 1.29 is 14.7 Å². The average molecular weight is 234 g/mol. The van der Waals surface area contributed by atoms with Crippen LogP contribution in [0.15, 0.2) is 18.3 Å². The number of nitrogens with zero attached hydrogens (tertiary/aromatic N) is 1. The first-order chi connectivity index (χ1) is 8.06. The maximum absolute atomic E-state index is 11.8. The number of aromatic carboxylic acids is 1. The lowest BCUT2D eigenvalue weighted by atomic mass is 9.82. The van der Waals surface area contributed by atoms with Gasteiger partial charge in [0.1, 0.15) is 5.69 Å². The Labute approximate surface area is 98.9 Å². The van der Waals surface area contributed by atoms with Gasteiger partial charge in [-0.25, -0.2) is 4.79 Å². The van der Waals surface area contributed by atoms with E-state index in [-0.39, 0.29) is 23.2 Å². The van der Waals surface area contributed by atoms with Crippen LogP contribution >= 0.6 is 0 Å². The first-order valence-electron chi connectivity index (χ1n) is 5.56. The molecule has 1 heterocycles. The zero-order valence-corrected chi connectivity index (χ0v) is 9.51. The molecule has 1 aliphatic rings. The molecule has 0 spiro atoms. The van der Waals surface area contributed by atoms with Crippen molar-refractivity contribution in [3.8, 4) is 0 Å². The third-order valence-electron chi connectivity index (χ3n) is 2.95. The minimum absolute atomic E-state index is 0.0760. The Balaban J connectivity index is 2.03. The second-order valence-corrected chi connectivity index (χ2v) is 4.48. The van der Waals surface area contributed by atoms with Crippen molar-refractivity contribution in [2.24, 2.45) is 5.92 Å². The van der Waals surface area contributed by atoms with Crippen LogP contribution in [-0.2, 0) is 0 Å². The van der Waals surface area contributed by atoms with Gasteiger partial charge in [-0.2, -0.15) is 0 Å². The predicted molar refractivity (Wildman–Crippen MR) is 60.8 cm³/mol. The van der Waals surface area contributed by atoms with Crippen molar-refractivity contribution in [2.45, 2.75) is 25.8 Å². The number of carbonyl (C=O) groups excluding carboxylic acids is 1. The average Bonchev–Trinajstić information content (AvgIpc) is 2.27. The van der Waals surface area contributed by atoms with Gasteiger partial charge in [0.15, 0.2) is 0 Å². The van der Waals surface area contributed by atoms with E-state index in [9.17, 15) is 9.59 Å². The standard InChI is InChI=1S/C12H14N2O3/c1-7-4-9(5-7)14-11(15)10-6-8(12(16)17)2-3-13-10/h2-3,6-7,9H,4-5H2,1H3,(H,14,15)(H,16,17). The van der Waals surface area contributed by atoms with Crippen molar-refractivity contribution in [3.63, 3.8) is 0 Å². The van der Waals surface area contributed by atoms with E-state index in [1.807, 2.05) is 0 Å². The number of hydrogen-bond acceptors (Lipinski definition) is 3. The van der Waals surface area contributed by atoms with Crippen LogP contribution in [-0.4, -0.2) is 28.0 Å². The molecule has 1 amide bonds. The van der Waals surface area contributed by atoms with Crippen LogP contribution in [0.5, 0.6) is 0 Å². The predicted octanol–water partition coefficient (Wildman–Crippen LogP) is 1.31. The Morgan fingerprint density at radius 3 is 2.76 bits per heavy atom. The lowest BCUT2D eigenvalue weighted by molar-refractivity contribution is 0.0696. The minimum Gasteiger partial charge on any atom is -0.478 e. The monoisotopic (exact) mass is 234 g/mol. The summed E-state index contributed by atoms with van der Waals surface area (Å²) < 4.78 is 0. The molecule has 1 aromatic heterocycles. The number of carboxylic acid groups (broad SMARTS) is 1. The molecule has 1 saturated carbocycles. The summed E-state index contributed by atoms with van der Waals surface area (Å²) in [5, 5.41) is 11.6. The summed E-state index contributed by atoms with van der Waals surface area (Å²) in [4.78, 5) is 26.4. The molecule has 5 heteroatoms. The highest BCUT2D eigenvalue weighted by Gasteiger charge is 2.27. The Morgan fingerprint density at radius 2 is 2.18 bits per heavy atom. The van der Waals surface area contributed by atoms with Crippen LogP contribution < -0.4 is 5.32 Å². The second kappa shape index (κ2) is 4.53. The molecule has 0 atom stereocenters. The third kappa shape index (κ3) is 2.61. The summed E-state index contributed by atoms with van der Waals surface area (Å²) >= 11 is 0. The van der Waals surface area contributed by atoms with Crippen LogP contribution in [0.4, 0.5) is 0 Å². The largest absolute Gasteiger partial charge is 0.478 e. The molecule has 17 heavy (non-hydrogen) atoms. The van der Waals surface area contributed by atoms with Gasteiger partial charge in [0.05, 0.1) is 5.56 Å². The Bertz CT molecular complexity index is 453. The van der Waals surface area contributed by atoms with E-state index in [1.165, 1.54) is 18.3 Å². The van der Waals surface area contributed by atoms with Crippen LogP contribution in [0.25, 0.3) is 0 Å². The van der Waals surface area contributed by atoms with Crippen molar-refractivity contribution >= 4 is 11.9 Å². The summed E-state index contributed by atoms with van der Waals surface area (Å²) in [5.41, 5.74) is 0.233. The summed E-state index contributed by atoms with van der Waals surface area (Å²) in [6.45, 7) is 2.13. The van der Waals surface area contributed by atoms with E-state index in [0.29, 0.717) is 5.92 Å². The molecule has 5 nitrogen and oxygen atoms in total. The van der Waals surface area contributed by atoms with Crippen molar-refractivity contribution in [2.75, 3.05) is 0 Å². The van der Waals surface area contributed by atoms with Crippen LogP contribution in [0.2, 0.25) is 0 Å². The van der Waals surface area contributed by atoms with Gasteiger partial charge in [-0.1, -0.05) is 6.92 Å². The SMILES string of the molecule is CC1CC(NC(=O)c2cc(C(=O)O)ccn2)C1. The third-order valence-corrected chi connectivity index (χ3v) is 2.95. The van der Waals surface area contributed by atoms with Gasteiger partial charge in [-0.05, 0) is 30.9 Å². The molecule has 0 radical (unpaired) electrons. The Hall–Kier alpha value is -1.91. The van der Waals surface area contributed by atoms with Crippen molar-refractivity contribution in [1.29, 1.82) is 0 Å². The highest BCUT2D eigenvalue weighted by Crippen LogP contribution is 2.26.